The Labute approximate surface area is 85.4 Å². The molecular weight excluding hydrogens is 176 g/mol. The van der Waals surface area contributed by atoms with Gasteiger partial charge in [-0.25, -0.2) is 0 Å². The average Bonchev–Trinajstić information content (AvgIpc) is 2.55. The third-order valence-electron chi connectivity index (χ3n) is 3.73. The van der Waals surface area contributed by atoms with Gasteiger partial charge >= 0.3 is 0 Å². The summed E-state index contributed by atoms with van der Waals surface area (Å²) in [5.74, 6) is 0.313. The van der Waals surface area contributed by atoms with E-state index in [1.165, 1.54) is 0 Å². The van der Waals surface area contributed by atoms with Crippen LogP contribution in [-0.2, 0) is 4.79 Å². The normalized spacial score (nSPS) is 37.1. The van der Waals surface area contributed by atoms with Crippen LogP contribution in [0.2, 0.25) is 0 Å². The molecule has 0 aromatic rings. The number of hydrazone groups is 1. The van der Waals surface area contributed by atoms with E-state index in [2.05, 4.69) is 31.7 Å². The van der Waals surface area contributed by atoms with Crippen LogP contribution in [0.4, 0.5) is 0 Å². The first-order chi connectivity index (χ1) is 6.58. The molecule has 2 atom stereocenters. The van der Waals surface area contributed by atoms with E-state index in [4.69, 9.17) is 0 Å². The van der Waals surface area contributed by atoms with Crippen molar-refractivity contribution in [3.05, 3.63) is 0 Å². The number of amides is 1. The minimum absolute atomic E-state index is 0.158. The van der Waals surface area contributed by atoms with Gasteiger partial charge in [0.05, 0.1) is 11.5 Å². The summed E-state index contributed by atoms with van der Waals surface area (Å²) in [7, 11) is 0. The molecule has 0 aromatic heterocycles. The SMILES string of the molecule is CCC1(C)CC=[N+]2CCC(C)N2C1=O. The second-order valence-corrected chi connectivity index (χ2v) is 4.75. The summed E-state index contributed by atoms with van der Waals surface area (Å²) in [4.78, 5) is 12.2. The lowest BCUT2D eigenvalue weighted by molar-refractivity contribution is -0.653. The van der Waals surface area contributed by atoms with Crippen LogP contribution in [0.1, 0.15) is 40.0 Å². The van der Waals surface area contributed by atoms with Crippen molar-refractivity contribution in [3.8, 4) is 0 Å². The van der Waals surface area contributed by atoms with E-state index in [-0.39, 0.29) is 5.41 Å². The number of carbonyl (C=O) groups excluding carboxylic acids is 1. The predicted molar refractivity (Wildman–Crippen MR) is 55.1 cm³/mol. The topological polar surface area (TPSA) is 23.3 Å². The molecule has 0 aromatic carbocycles. The van der Waals surface area contributed by atoms with Crippen LogP contribution >= 0.6 is 0 Å². The number of nitrogens with zero attached hydrogens (tertiary/aromatic N) is 2. The van der Waals surface area contributed by atoms with Crippen molar-refractivity contribution < 1.29 is 9.48 Å². The van der Waals surface area contributed by atoms with Gasteiger partial charge in [0.1, 0.15) is 0 Å². The fourth-order valence-electron chi connectivity index (χ4n) is 2.26. The zero-order valence-corrected chi connectivity index (χ0v) is 9.29. The predicted octanol–water partition coefficient (Wildman–Crippen LogP) is 1.43. The fraction of sp³-hybridized carbons (Fsp3) is 0.818. The van der Waals surface area contributed by atoms with Gasteiger partial charge in [-0.2, -0.15) is 0 Å². The highest BCUT2D eigenvalue weighted by Gasteiger charge is 2.48. The monoisotopic (exact) mass is 195 g/mol. The molecular formula is C11H19N2O+. The molecule has 2 unspecified atom stereocenters. The lowest BCUT2D eigenvalue weighted by Gasteiger charge is -2.32. The highest BCUT2D eigenvalue weighted by Crippen LogP contribution is 2.33. The zero-order chi connectivity index (χ0) is 10.3. The Hall–Kier alpha value is -0.860. The number of hydrogen-bond acceptors (Lipinski definition) is 1. The Balaban J connectivity index is 2.33. The maximum Gasteiger partial charge on any atom is 0.284 e. The van der Waals surface area contributed by atoms with Gasteiger partial charge in [0, 0.05) is 12.8 Å². The molecule has 3 nitrogen and oxygen atoms in total. The molecule has 1 fully saturated rings. The van der Waals surface area contributed by atoms with Crippen LogP contribution in [0.25, 0.3) is 0 Å². The third kappa shape index (κ3) is 1.18. The average molecular weight is 195 g/mol. The summed E-state index contributed by atoms with van der Waals surface area (Å²) < 4.78 is 2.10. The second kappa shape index (κ2) is 3.07. The molecule has 0 N–H and O–H groups in total. The van der Waals surface area contributed by atoms with Crippen LogP contribution < -0.4 is 0 Å². The van der Waals surface area contributed by atoms with E-state index < -0.39 is 0 Å². The van der Waals surface area contributed by atoms with Crippen LogP contribution in [0.5, 0.6) is 0 Å². The first-order valence-corrected chi connectivity index (χ1v) is 5.52. The van der Waals surface area contributed by atoms with E-state index >= 15 is 0 Å². The number of rotatable bonds is 1. The van der Waals surface area contributed by atoms with Gasteiger partial charge < -0.3 is 0 Å². The first kappa shape index (κ1) is 9.69. The summed E-state index contributed by atoms with van der Waals surface area (Å²) >= 11 is 0. The Morgan fingerprint density at radius 3 is 3.07 bits per heavy atom. The van der Waals surface area contributed by atoms with Crippen LogP contribution in [0, 0.1) is 5.41 Å². The maximum atomic E-state index is 12.2. The standard InChI is InChI=1S/C11H19N2O/c1-4-11(3)6-8-12-7-5-9(2)13(12)10(11)14/h8-9H,4-7H2,1-3H3/q+1. The van der Waals surface area contributed by atoms with E-state index in [0.29, 0.717) is 11.9 Å². The molecule has 1 saturated heterocycles. The number of hydrogen-bond donors (Lipinski definition) is 0. The molecule has 2 aliphatic rings. The van der Waals surface area contributed by atoms with Gasteiger partial charge in [-0.3, -0.25) is 4.79 Å². The highest BCUT2D eigenvalue weighted by atomic mass is 16.2. The molecule has 2 heterocycles. The largest absolute Gasteiger partial charge is 0.284 e. The van der Waals surface area contributed by atoms with E-state index in [9.17, 15) is 4.79 Å². The van der Waals surface area contributed by atoms with Gasteiger partial charge in [0.2, 0.25) is 0 Å². The minimum atomic E-state index is -0.158. The highest BCUT2D eigenvalue weighted by molar-refractivity contribution is 5.86. The molecule has 0 aliphatic carbocycles. The maximum absolute atomic E-state index is 12.2. The lowest BCUT2D eigenvalue weighted by Crippen LogP contribution is -2.51. The van der Waals surface area contributed by atoms with Gasteiger partial charge in [-0.15, -0.1) is 9.69 Å². The molecule has 1 amide bonds. The van der Waals surface area contributed by atoms with Crippen molar-refractivity contribution in [2.75, 3.05) is 6.54 Å². The Morgan fingerprint density at radius 2 is 2.43 bits per heavy atom. The van der Waals surface area contributed by atoms with Gasteiger partial charge in [0.25, 0.3) is 5.91 Å². The van der Waals surface area contributed by atoms with Crippen LogP contribution in [0.15, 0.2) is 0 Å². The smallest absolute Gasteiger partial charge is 0.268 e. The number of hydrazine groups is 1. The molecule has 2 rings (SSSR count). The fourth-order valence-corrected chi connectivity index (χ4v) is 2.26. The Morgan fingerprint density at radius 1 is 1.71 bits per heavy atom. The van der Waals surface area contributed by atoms with Gasteiger partial charge in [0.15, 0.2) is 12.8 Å². The molecule has 3 heteroatoms. The van der Waals surface area contributed by atoms with Crippen molar-refractivity contribution in [1.29, 1.82) is 0 Å². The molecule has 0 bridgehead atoms. The summed E-state index contributed by atoms with van der Waals surface area (Å²) in [6, 6.07) is 0.380. The molecule has 0 radical (unpaired) electrons. The Kier molecular flexibility index (Phi) is 2.13. The minimum Gasteiger partial charge on any atom is -0.268 e. The molecule has 78 valence electrons. The second-order valence-electron chi connectivity index (χ2n) is 4.75. The van der Waals surface area contributed by atoms with Crippen molar-refractivity contribution in [1.82, 2.24) is 5.01 Å². The summed E-state index contributed by atoms with van der Waals surface area (Å²) in [5, 5.41) is 1.95. The molecule has 0 saturated carbocycles. The van der Waals surface area contributed by atoms with Crippen molar-refractivity contribution >= 4 is 12.1 Å². The van der Waals surface area contributed by atoms with Crippen molar-refractivity contribution in [3.63, 3.8) is 0 Å². The first-order valence-electron chi connectivity index (χ1n) is 5.52. The van der Waals surface area contributed by atoms with Crippen LogP contribution in [0.3, 0.4) is 0 Å². The van der Waals surface area contributed by atoms with Crippen LogP contribution in [-0.4, -0.2) is 34.4 Å². The van der Waals surface area contributed by atoms with E-state index in [1.807, 2.05) is 5.01 Å². The molecule has 0 spiro atoms. The van der Waals surface area contributed by atoms with Gasteiger partial charge in [-0.05, 0) is 13.3 Å². The van der Waals surface area contributed by atoms with Crippen molar-refractivity contribution in [2.45, 2.75) is 46.1 Å². The Bertz CT molecular complexity index is 298. The van der Waals surface area contributed by atoms with E-state index in [1.54, 1.807) is 0 Å². The molecule has 14 heavy (non-hydrogen) atoms. The molecule has 2 aliphatic heterocycles. The van der Waals surface area contributed by atoms with E-state index in [0.717, 1.165) is 25.8 Å². The van der Waals surface area contributed by atoms with Gasteiger partial charge in [-0.1, -0.05) is 13.8 Å². The summed E-state index contributed by atoms with van der Waals surface area (Å²) in [5.41, 5.74) is -0.158. The number of carbonyl (C=O) groups is 1. The summed E-state index contributed by atoms with van der Waals surface area (Å²) in [6.45, 7) is 7.32. The van der Waals surface area contributed by atoms with Crippen molar-refractivity contribution in [2.24, 2.45) is 5.41 Å². The zero-order valence-electron chi connectivity index (χ0n) is 9.29. The lowest BCUT2D eigenvalue weighted by atomic mass is 9.82. The number of fused-ring (bicyclic) bond motifs is 1. The summed E-state index contributed by atoms with van der Waals surface area (Å²) in [6.07, 6.45) is 5.11. The third-order valence-corrected chi connectivity index (χ3v) is 3.73. The quantitative estimate of drug-likeness (QED) is 0.580.